The lowest BCUT2D eigenvalue weighted by molar-refractivity contribution is -0.284. The second-order valence-electron chi connectivity index (χ2n) is 21.5. The molecule has 11 fully saturated rings. The van der Waals surface area contributed by atoms with Crippen LogP contribution in [0.1, 0.15) is 110 Å². The zero-order chi connectivity index (χ0) is 29.7. The first-order valence-electron chi connectivity index (χ1n) is 20.1. The smallest absolute Gasteiger partial charge is 0.0744 e. The average molecular weight is 607 g/mol. The van der Waals surface area contributed by atoms with E-state index < -0.39 is 0 Å². The normalized spacial score (nSPS) is 67.0. The topological polar surface area (TPSA) is 15.7 Å². The summed E-state index contributed by atoms with van der Waals surface area (Å²) in [6.45, 7) is 9.35. The molecule has 16 atom stereocenters. The number of ether oxygens (including phenoxy) is 1. The van der Waals surface area contributed by atoms with E-state index in [1.165, 1.54) is 90.3 Å². The lowest BCUT2D eigenvalue weighted by Gasteiger charge is -2.70. The van der Waals surface area contributed by atoms with Crippen LogP contribution in [0, 0.1) is 73.9 Å². The summed E-state index contributed by atoms with van der Waals surface area (Å²) in [5.41, 5.74) is 9.02. The van der Waals surface area contributed by atoms with Crippen LogP contribution in [0.4, 0.5) is 0 Å². The van der Waals surface area contributed by atoms with E-state index in [1.807, 2.05) is 16.7 Å². The van der Waals surface area contributed by atoms with Gasteiger partial charge in [-0.3, -0.25) is 0 Å². The van der Waals surface area contributed by atoms with Crippen LogP contribution in [0.3, 0.4) is 0 Å². The molecule has 12 aliphatic carbocycles. The predicted molar refractivity (Wildman–Crippen MR) is 176 cm³/mol. The number of piperidine rings is 2. The van der Waals surface area contributed by atoms with Gasteiger partial charge in [-0.2, -0.15) is 0 Å². The molecule has 15 aliphatic rings. The lowest BCUT2D eigenvalue weighted by Crippen LogP contribution is -2.67. The number of rotatable bonds is 0. The Hall–Kier alpha value is -0.640. The first kappa shape index (κ1) is 26.3. The second kappa shape index (κ2) is 7.28. The summed E-state index contributed by atoms with van der Waals surface area (Å²) in [5.74, 6) is 6.50. The number of likely N-dealkylation sites (tertiary alicyclic amines) is 2. The Morgan fingerprint density at radius 3 is 2.71 bits per heavy atom. The molecule has 0 amide bonds. The van der Waals surface area contributed by atoms with Crippen molar-refractivity contribution in [1.29, 1.82) is 0 Å². The van der Waals surface area contributed by atoms with Gasteiger partial charge < -0.3 is 14.5 Å². The maximum Gasteiger partial charge on any atom is 0.0744 e. The van der Waals surface area contributed by atoms with Crippen molar-refractivity contribution in [2.45, 2.75) is 128 Å². The van der Waals surface area contributed by atoms with Crippen LogP contribution in [0.25, 0.3) is 0 Å². The number of hydrogen-bond acceptors (Lipinski definition) is 3. The third kappa shape index (κ3) is 2.47. The van der Waals surface area contributed by atoms with Crippen LogP contribution in [0.5, 0.6) is 0 Å². The van der Waals surface area contributed by atoms with E-state index in [4.69, 9.17) is 4.74 Å². The van der Waals surface area contributed by atoms with E-state index in [0.29, 0.717) is 38.6 Å². The summed E-state index contributed by atoms with van der Waals surface area (Å²) in [7, 11) is 4.96. The molecule has 16 unspecified atom stereocenters. The SMILES string of the molecule is CN1CC2CC3=C(CCC45CC6C(C=C34)C63CCC4(CC67CCC8C9(C)CCCC8%10C(C6CC4CC7%10)N(C)C9)OC53)C(C)(C2)C1. The first-order valence-corrected chi connectivity index (χ1v) is 20.1. The molecule has 8 saturated carbocycles. The highest BCUT2D eigenvalue weighted by Gasteiger charge is 2.86. The van der Waals surface area contributed by atoms with Crippen LogP contribution < -0.4 is 0 Å². The Bertz CT molecular complexity index is 1550. The summed E-state index contributed by atoms with van der Waals surface area (Å²) in [6.07, 6.45) is 25.7. The van der Waals surface area contributed by atoms with Crippen molar-refractivity contribution in [2.24, 2.45) is 73.9 Å². The van der Waals surface area contributed by atoms with Gasteiger partial charge in [-0.05, 0) is 173 Å². The monoisotopic (exact) mass is 606 g/mol. The fourth-order valence-electron chi connectivity index (χ4n) is 20.0. The number of fused-ring (bicyclic) bond motifs is 3. The minimum atomic E-state index is 0.209. The molecule has 3 aliphatic heterocycles. The van der Waals surface area contributed by atoms with Crippen molar-refractivity contribution in [3.63, 3.8) is 0 Å². The molecule has 0 radical (unpaired) electrons. The molecule has 45 heavy (non-hydrogen) atoms. The Balaban J connectivity index is 0.894. The highest BCUT2D eigenvalue weighted by Crippen LogP contribution is 2.88. The molecule has 12 bridgehead atoms. The molecule has 0 aromatic rings. The third-order valence-electron chi connectivity index (χ3n) is 20.4. The van der Waals surface area contributed by atoms with E-state index in [-0.39, 0.29) is 5.60 Å². The summed E-state index contributed by atoms with van der Waals surface area (Å²) in [6, 6.07) is 0.888. The van der Waals surface area contributed by atoms with Gasteiger partial charge in [0, 0.05) is 41.9 Å². The summed E-state index contributed by atoms with van der Waals surface area (Å²) in [5, 5.41) is 0. The maximum absolute atomic E-state index is 8.21. The lowest BCUT2D eigenvalue weighted by atomic mass is 9.38. The van der Waals surface area contributed by atoms with Crippen LogP contribution in [0.2, 0.25) is 0 Å². The minimum Gasteiger partial charge on any atom is -0.370 e. The fraction of sp³-hybridized carbons (Fsp3) is 0.905. The van der Waals surface area contributed by atoms with Gasteiger partial charge in [-0.25, -0.2) is 0 Å². The molecule has 3 heteroatoms. The van der Waals surface area contributed by atoms with Crippen LogP contribution in [-0.4, -0.2) is 61.3 Å². The number of nitrogens with zero attached hydrogens (tertiary/aromatic N) is 2. The fourth-order valence-corrected chi connectivity index (χ4v) is 20.0. The van der Waals surface area contributed by atoms with Crippen LogP contribution in [0.15, 0.2) is 22.8 Å². The van der Waals surface area contributed by atoms with Crippen molar-refractivity contribution in [3.8, 4) is 0 Å². The van der Waals surface area contributed by atoms with Gasteiger partial charge in [0.05, 0.1) is 11.7 Å². The van der Waals surface area contributed by atoms with Gasteiger partial charge in [0.15, 0.2) is 0 Å². The Morgan fingerprint density at radius 2 is 1.80 bits per heavy atom. The highest BCUT2D eigenvalue weighted by atomic mass is 16.5. The van der Waals surface area contributed by atoms with Gasteiger partial charge in [0.1, 0.15) is 0 Å². The molecule has 5 spiro atoms. The average Bonchev–Trinajstić information content (AvgIpc) is 3.53. The van der Waals surface area contributed by atoms with Crippen molar-refractivity contribution in [1.82, 2.24) is 9.80 Å². The Morgan fingerprint density at radius 1 is 0.889 bits per heavy atom. The predicted octanol–water partition coefficient (Wildman–Crippen LogP) is 7.87. The van der Waals surface area contributed by atoms with Crippen LogP contribution in [-0.2, 0) is 4.74 Å². The van der Waals surface area contributed by atoms with E-state index in [2.05, 4.69) is 43.8 Å². The standard InChI is InChI=1S/C42H58N2O/c1-36-8-5-9-42-32(36)7-11-39-21-40(25(16-33(39)42)15-30(39)34(42)44(4)23-36)12-13-41-29-17-28-26-14-24-18-37(2,22-43(3)20-24)27(26)6-10-38(28,19-31(29)41)35(41)45-40/h17,24-25,29-35H,5-16,18-23H2,1-4H3. The second-order valence-corrected chi connectivity index (χ2v) is 21.5. The molecule has 3 heterocycles. The maximum atomic E-state index is 8.21. The van der Waals surface area contributed by atoms with Crippen molar-refractivity contribution in [2.75, 3.05) is 33.7 Å². The van der Waals surface area contributed by atoms with Crippen LogP contribution >= 0.6 is 0 Å². The molecule has 0 aromatic heterocycles. The summed E-state index contributed by atoms with van der Waals surface area (Å²) in [4.78, 5) is 5.64. The molecule has 3 nitrogen and oxygen atoms in total. The quantitative estimate of drug-likeness (QED) is 0.279. The van der Waals surface area contributed by atoms with Crippen molar-refractivity contribution < 1.29 is 4.74 Å². The zero-order valence-corrected chi connectivity index (χ0v) is 28.8. The molecule has 0 aromatic carbocycles. The molecule has 15 rings (SSSR count). The molecule has 0 N–H and O–H groups in total. The van der Waals surface area contributed by atoms with Crippen molar-refractivity contribution in [3.05, 3.63) is 22.8 Å². The zero-order valence-electron chi connectivity index (χ0n) is 28.8. The van der Waals surface area contributed by atoms with Gasteiger partial charge in [0.2, 0.25) is 0 Å². The van der Waals surface area contributed by atoms with Gasteiger partial charge in [-0.15, -0.1) is 0 Å². The van der Waals surface area contributed by atoms with E-state index >= 15 is 0 Å². The van der Waals surface area contributed by atoms with E-state index in [9.17, 15) is 0 Å². The summed E-state index contributed by atoms with van der Waals surface area (Å²) >= 11 is 0. The van der Waals surface area contributed by atoms with E-state index in [1.54, 1.807) is 25.7 Å². The first-order chi connectivity index (χ1) is 21.6. The van der Waals surface area contributed by atoms with Gasteiger partial charge >= 0.3 is 0 Å². The molecular formula is C42H58N2O. The molecular weight excluding hydrogens is 548 g/mol. The van der Waals surface area contributed by atoms with Crippen molar-refractivity contribution >= 4 is 0 Å². The molecule has 3 saturated heterocycles. The molecule has 242 valence electrons. The Kier molecular flexibility index (Phi) is 4.25. The summed E-state index contributed by atoms with van der Waals surface area (Å²) < 4.78 is 8.21. The van der Waals surface area contributed by atoms with Gasteiger partial charge in [0.25, 0.3) is 0 Å². The highest BCUT2D eigenvalue weighted by molar-refractivity contribution is 5.56. The van der Waals surface area contributed by atoms with E-state index in [0.717, 1.165) is 47.5 Å². The minimum absolute atomic E-state index is 0.209. The number of allylic oxidation sites excluding steroid dienone is 2. The largest absolute Gasteiger partial charge is 0.370 e. The Labute approximate surface area is 272 Å². The number of hydrogen-bond donors (Lipinski definition) is 0. The third-order valence-corrected chi connectivity index (χ3v) is 20.4. The van der Waals surface area contributed by atoms with Gasteiger partial charge in [-0.1, -0.05) is 31.9 Å².